The molecule has 0 aliphatic heterocycles. The Morgan fingerprint density at radius 1 is 1.19 bits per heavy atom. The average Bonchev–Trinajstić information content (AvgIpc) is 3.02. The largest absolute Gasteiger partial charge is 0.338 e. The van der Waals surface area contributed by atoms with E-state index in [4.69, 9.17) is 11.6 Å². The number of hydrogen-bond donors (Lipinski definition) is 1. The summed E-state index contributed by atoms with van der Waals surface area (Å²) in [5.74, 6) is -0.0236. The summed E-state index contributed by atoms with van der Waals surface area (Å²) in [5.41, 5.74) is 3.73. The second-order valence-corrected chi connectivity index (χ2v) is 8.21. The van der Waals surface area contributed by atoms with Gasteiger partial charge in [-0.2, -0.15) is 0 Å². The number of para-hydroxylation sites is 1. The van der Waals surface area contributed by atoms with Crippen LogP contribution in [-0.4, -0.2) is 38.1 Å². The van der Waals surface area contributed by atoms with Gasteiger partial charge in [0.1, 0.15) is 5.52 Å². The lowest BCUT2D eigenvalue weighted by atomic mass is 10.1. The molecule has 3 aromatic rings. The van der Waals surface area contributed by atoms with Crippen molar-refractivity contribution in [1.29, 1.82) is 0 Å². The summed E-state index contributed by atoms with van der Waals surface area (Å²) < 4.78 is 0.989. The van der Waals surface area contributed by atoms with Crippen LogP contribution in [0.3, 0.4) is 0 Å². The minimum Gasteiger partial charge on any atom is -0.338 e. The summed E-state index contributed by atoms with van der Waals surface area (Å²) in [6, 6.07) is 11.6. The lowest BCUT2D eigenvalue weighted by Gasteiger charge is -2.21. The molecule has 1 amide bonds. The molecule has 2 aromatic carbocycles. The van der Waals surface area contributed by atoms with Gasteiger partial charge >= 0.3 is 0 Å². The van der Waals surface area contributed by atoms with Crippen molar-refractivity contribution in [2.24, 2.45) is 0 Å². The van der Waals surface area contributed by atoms with Crippen LogP contribution in [0.25, 0.3) is 10.2 Å². The molecule has 0 atom stereocenters. The van der Waals surface area contributed by atoms with Crippen molar-refractivity contribution in [3.8, 4) is 0 Å². The van der Waals surface area contributed by atoms with E-state index < -0.39 is 0 Å². The van der Waals surface area contributed by atoms with Crippen LogP contribution in [0.4, 0.5) is 5.13 Å². The molecule has 1 heterocycles. The van der Waals surface area contributed by atoms with E-state index in [2.05, 4.69) is 19.1 Å². The molecule has 0 unspecified atom stereocenters. The summed E-state index contributed by atoms with van der Waals surface area (Å²) in [7, 11) is 4.15. The lowest BCUT2D eigenvalue weighted by Crippen LogP contribution is -3.06. The van der Waals surface area contributed by atoms with Crippen LogP contribution in [0, 0.1) is 13.8 Å². The molecule has 1 N–H and O–H groups in total. The Morgan fingerprint density at radius 3 is 2.62 bits per heavy atom. The minimum atomic E-state index is -0.0236. The van der Waals surface area contributed by atoms with Gasteiger partial charge in [0.2, 0.25) is 0 Å². The van der Waals surface area contributed by atoms with Gasteiger partial charge in [-0.1, -0.05) is 35.1 Å². The summed E-state index contributed by atoms with van der Waals surface area (Å²) in [6.45, 7) is 5.51. The monoisotopic (exact) mass is 388 g/mol. The molecule has 0 saturated heterocycles. The lowest BCUT2D eigenvalue weighted by molar-refractivity contribution is -0.856. The topological polar surface area (TPSA) is 37.6 Å². The maximum Gasteiger partial charge on any atom is 0.260 e. The number of rotatable bonds is 5. The van der Waals surface area contributed by atoms with Crippen molar-refractivity contribution < 1.29 is 9.69 Å². The molecule has 0 spiro atoms. The summed E-state index contributed by atoms with van der Waals surface area (Å²) in [5, 5.41) is 1.30. The van der Waals surface area contributed by atoms with E-state index in [1.165, 1.54) is 21.8 Å². The molecule has 26 heavy (non-hydrogen) atoms. The first kappa shape index (κ1) is 18.8. The van der Waals surface area contributed by atoms with Crippen molar-refractivity contribution in [3.05, 3.63) is 58.1 Å². The summed E-state index contributed by atoms with van der Waals surface area (Å²) in [4.78, 5) is 20.9. The van der Waals surface area contributed by atoms with Crippen LogP contribution >= 0.6 is 22.9 Å². The van der Waals surface area contributed by atoms with E-state index in [0.29, 0.717) is 22.3 Å². The van der Waals surface area contributed by atoms with E-state index in [-0.39, 0.29) is 5.91 Å². The van der Waals surface area contributed by atoms with E-state index in [1.54, 1.807) is 4.90 Å². The van der Waals surface area contributed by atoms with Gasteiger partial charge in [0.15, 0.2) is 5.13 Å². The number of carbonyl (C=O) groups is 1. The maximum absolute atomic E-state index is 13.2. The summed E-state index contributed by atoms with van der Waals surface area (Å²) in [6.07, 6.45) is 0. The van der Waals surface area contributed by atoms with Gasteiger partial charge < -0.3 is 4.90 Å². The highest BCUT2D eigenvalue weighted by Gasteiger charge is 2.23. The quantitative estimate of drug-likeness (QED) is 0.727. The number of quaternary nitrogens is 1. The Bertz CT molecular complexity index is 951. The third-order valence-electron chi connectivity index (χ3n) is 4.42. The number of thiazole rings is 1. The van der Waals surface area contributed by atoms with Crippen LogP contribution in [-0.2, 0) is 0 Å². The van der Waals surface area contributed by atoms with E-state index in [1.807, 2.05) is 50.2 Å². The van der Waals surface area contributed by atoms with Crippen LogP contribution in [0.2, 0.25) is 5.02 Å². The van der Waals surface area contributed by atoms with Crippen molar-refractivity contribution in [2.45, 2.75) is 13.8 Å². The Morgan fingerprint density at radius 2 is 1.96 bits per heavy atom. The van der Waals surface area contributed by atoms with Gasteiger partial charge in [0.05, 0.1) is 36.9 Å². The molecular formula is C20H23ClN3OS+. The highest BCUT2D eigenvalue weighted by molar-refractivity contribution is 7.22. The number of likely N-dealkylation sites (N-methyl/N-ethyl adjacent to an activating group) is 1. The second kappa shape index (κ2) is 7.74. The van der Waals surface area contributed by atoms with Crippen LogP contribution < -0.4 is 9.80 Å². The van der Waals surface area contributed by atoms with Gasteiger partial charge in [0.25, 0.3) is 5.91 Å². The van der Waals surface area contributed by atoms with Gasteiger partial charge in [-0.3, -0.25) is 9.69 Å². The van der Waals surface area contributed by atoms with Crippen LogP contribution in [0.15, 0.2) is 36.4 Å². The third kappa shape index (κ3) is 3.90. The number of amides is 1. The Kier molecular flexibility index (Phi) is 5.61. The van der Waals surface area contributed by atoms with Crippen molar-refractivity contribution in [1.82, 2.24) is 4.98 Å². The highest BCUT2D eigenvalue weighted by Crippen LogP contribution is 2.33. The molecule has 0 aliphatic rings. The van der Waals surface area contributed by atoms with Crippen molar-refractivity contribution in [2.75, 3.05) is 32.1 Å². The highest BCUT2D eigenvalue weighted by atomic mass is 35.5. The minimum absolute atomic E-state index is 0.0236. The van der Waals surface area contributed by atoms with E-state index >= 15 is 0 Å². The molecule has 136 valence electrons. The van der Waals surface area contributed by atoms with Gasteiger partial charge in [-0.25, -0.2) is 4.98 Å². The number of nitrogens with zero attached hydrogens (tertiary/aromatic N) is 2. The number of aromatic nitrogens is 1. The SMILES string of the molecule is Cc1ccc(C(=O)N(CC[NH+](C)C)c2nc3c(Cl)cccc3s2)cc1C. The number of carbonyl (C=O) groups excluding carboxylic acids is 1. The summed E-state index contributed by atoms with van der Waals surface area (Å²) >= 11 is 7.78. The van der Waals surface area contributed by atoms with E-state index in [0.717, 1.165) is 22.3 Å². The molecule has 1 aromatic heterocycles. The first-order valence-corrected chi connectivity index (χ1v) is 9.79. The number of aryl methyl sites for hydroxylation is 2. The Hall–Kier alpha value is -1.95. The second-order valence-electron chi connectivity index (χ2n) is 6.80. The molecule has 0 radical (unpaired) electrons. The first-order valence-electron chi connectivity index (χ1n) is 8.60. The number of hydrogen-bond acceptors (Lipinski definition) is 3. The fourth-order valence-corrected chi connectivity index (χ4v) is 3.96. The number of fused-ring (bicyclic) bond motifs is 1. The zero-order valence-corrected chi connectivity index (χ0v) is 17.0. The fraction of sp³-hybridized carbons (Fsp3) is 0.300. The molecule has 4 nitrogen and oxygen atoms in total. The number of anilines is 1. The molecule has 0 saturated carbocycles. The molecule has 3 rings (SSSR count). The standard InChI is InChI=1S/C20H22ClN3OS/c1-13-8-9-15(12-14(13)2)19(25)24(11-10-23(3)4)20-22-18-16(21)6-5-7-17(18)26-20/h5-9,12H,10-11H2,1-4H3/p+1. The van der Waals surface area contributed by atoms with Crippen LogP contribution in [0.5, 0.6) is 0 Å². The molecule has 6 heteroatoms. The van der Waals surface area contributed by atoms with Crippen molar-refractivity contribution in [3.63, 3.8) is 0 Å². The van der Waals surface area contributed by atoms with Crippen molar-refractivity contribution >= 4 is 44.2 Å². The predicted octanol–water partition coefficient (Wildman–Crippen LogP) is 3.36. The zero-order valence-electron chi connectivity index (χ0n) is 15.5. The Labute approximate surface area is 163 Å². The van der Waals surface area contributed by atoms with Crippen LogP contribution in [0.1, 0.15) is 21.5 Å². The first-order chi connectivity index (χ1) is 12.4. The fourth-order valence-electron chi connectivity index (χ4n) is 2.67. The number of nitrogens with one attached hydrogen (secondary N) is 1. The normalized spacial score (nSPS) is 11.3. The van der Waals surface area contributed by atoms with Gasteiger partial charge in [0, 0.05) is 5.56 Å². The maximum atomic E-state index is 13.2. The Balaban J connectivity index is 2.01. The van der Waals surface area contributed by atoms with E-state index in [9.17, 15) is 4.79 Å². The molecule has 0 fully saturated rings. The van der Waals surface area contributed by atoms with Gasteiger partial charge in [-0.15, -0.1) is 0 Å². The molecule has 0 aliphatic carbocycles. The molecular weight excluding hydrogens is 366 g/mol. The predicted molar refractivity (Wildman–Crippen MR) is 110 cm³/mol. The smallest absolute Gasteiger partial charge is 0.260 e. The number of benzene rings is 2. The average molecular weight is 389 g/mol. The van der Waals surface area contributed by atoms with Gasteiger partial charge in [-0.05, 0) is 49.2 Å². The molecule has 0 bridgehead atoms. The third-order valence-corrected chi connectivity index (χ3v) is 5.77. The zero-order chi connectivity index (χ0) is 18.8. The number of halogens is 1.